The van der Waals surface area contributed by atoms with Gasteiger partial charge in [0.15, 0.2) is 0 Å². The van der Waals surface area contributed by atoms with Crippen molar-refractivity contribution in [3.8, 4) is 5.75 Å². The van der Waals surface area contributed by atoms with Crippen LogP contribution < -0.4 is 10.1 Å². The van der Waals surface area contributed by atoms with E-state index in [1.165, 1.54) is 0 Å². The fourth-order valence-corrected chi connectivity index (χ4v) is 5.60. The highest BCUT2D eigenvalue weighted by atomic mass is 35.5. The van der Waals surface area contributed by atoms with Crippen LogP contribution in [0.5, 0.6) is 5.75 Å². The number of nitrogens with one attached hydrogen (secondary N) is 1. The molecule has 0 saturated heterocycles. The van der Waals surface area contributed by atoms with Crippen molar-refractivity contribution in [2.24, 2.45) is 29.6 Å². The number of halogens is 2. The molecule has 0 heterocycles. The molecule has 0 aromatic heterocycles. The van der Waals surface area contributed by atoms with E-state index in [4.69, 9.17) is 27.9 Å². The Bertz CT molecular complexity index is 626. The lowest BCUT2D eigenvalue weighted by Crippen LogP contribution is -2.16. The Labute approximate surface area is 153 Å². The summed E-state index contributed by atoms with van der Waals surface area (Å²) in [7, 11) is 0. The van der Waals surface area contributed by atoms with E-state index in [0.29, 0.717) is 30.3 Å². The normalized spacial score (nSPS) is 35.7. The molecule has 1 unspecified atom stereocenters. The van der Waals surface area contributed by atoms with Crippen molar-refractivity contribution < 1.29 is 9.53 Å². The zero-order chi connectivity index (χ0) is 16.9. The summed E-state index contributed by atoms with van der Waals surface area (Å²) in [6, 6.07) is 7.63. The number of carbonyl (C=O) groups excluding carboxylic acids is 1. The van der Waals surface area contributed by atoms with Gasteiger partial charge in [-0.2, -0.15) is 0 Å². The van der Waals surface area contributed by atoms with Crippen molar-refractivity contribution in [3.05, 3.63) is 24.3 Å². The van der Waals surface area contributed by atoms with Gasteiger partial charge in [-0.15, -0.1) is 23.2 Å². The minimum Gasteiger partial charge on any atom is -0.492 e. The number of para-hydroxylation sites is 2. The van der Waals surface area contributed by atoms with Crippen LogP contribution in [-0.4, -0.2) is 16.8 Å². The Morgan fingerprint density at radius 3 is 2.42 bits per heavy atom. The zero-order valence-corrected chi connectivity index (χ0v) is 15.3. The summed E-state index contributed by atoms with van der Waals surface area (Å²) in [5, 5.41) is 3.08. The van der Waals surface area contributed by atoms with Crippen LogP contribution in [0.3, 0.4) is 0 Å². The Morgan fingerprint density at radius 2 is 1.79 bits per heavy atom. The molecule has 1 amide bonds. The standard InChI is InChI=1S/C19H23Cl2NO2/c1-2-24-16-6-4-3-5-15(16)22-18(23)17-11-7-9-13-14(19(13,20)21)10-8-12(11)17/h3-6,11-14,17H,2,7-10H2,1H3,(H,22,23)/t11-,12+,13-,14+,17?. The van der Waals surface area contributed by atoms with Crippen molar-refractivity contribution in [2.75, 3.05) is 11.9 Å². The summed E-state index contributed by atoms with van der Waals surface area (Å²) >= 11 is 12.7. The van der Waals surface area contributed by atoms with Gasteiger partial charge in [-0.1, -0.05) is 12.1 Å². The summed E-state index contributed by atoms with van der Waals surface area (Å²) < 4.78 is 5.10. The Morgan fingerprint density at radius 1 is 1.17 bits per heavy atom. The SMILES string of the molecule is CCOc1ccccc1NC(=O)C1[C@H]2CC[C@H]3[C@@H](CC[C@@H]12)C3(Cl)Cl. The van der Waals surface area contributed by atoms with Crippen LogP contribution in [0.25, 0.3) is 0 Å². The number of anilines is 1. The van der Waals surface area contributed by atoms with E-state index in [-0.39, 0.29) is 11.8 Å². The second-order valence-electron chi connectivity index (χ2n) is 7.31. The summed E-state index contributed by atoms with van der Waals surface area (Å²) in [4.78, 5) is 12.7. The van der Waals surface area contributed by atoms with Crippen LogP contribution in [0.1, 0.15) is 32.6 Å². The third-order valence-corrected chi connectivity index (χ3v) is 7.19. The highest BCUT2D eigenvalue weighted by Gasteiger charge is 2.65. The van der Waals surface area contributed by atoms with Gasteiger partial charge < -0.3 is 10.1 Å². The summed E-state index contributed by atoms with van der Waals surface area (Å²) in [5.41, 5.74) is 0.770. The molecule has 5 atom stereocenters. The van der Waals surface area contributed by atoms with Crippen molar-refractivity contribution in [1.29, 1.82) is 0 Å². The predicted octanol–water partition coefficient (Wildman–Crippen LogP) is 4.88. The Kier molecular flexibility index (Phi) is 4.20. The van der Waals surface area contributed by atoms with Crippen molar-refractivity contribution in [2.45, 2.75) is 36.9 Å². The third kappa shape index (κ3) is 2.80. The summed E-state index contributed by atoms with van der Waals surface area (Å²) in [6.07, 6.45) is 4.24. The highest BCUT2D eigenvalue weighted by Crippen LogP contribution is 2.67. The largest absolute Gasteiger partial charge is 0.492 e. The van der Waals surface area contributed by atoms with Crippen LogP contribution in [0, 0.1) is 29.6 Å². The number of ether oxygens (including phenoxy) is 1. The van der Waals surface area contributed by atoms with Crippen LogP contribution in [0.4, 0.5) is 5.69 Å². The van der Waals surface area contributed by atoms with E-state index in [1.807, 2.05) is 31.2 Å². The molecule has 1 aromatic rings. The Hall–Kier alpha value is -0.930. The third-order valence-electron chi connectivity index (χ3n) is 6.07. The maximum absolute atomic E-state index is 12.7. The molecule has 0 radical (unpaired) electrons. The molecule has 4 rings (SSSR count). The molecule has 0 spiro atoms. The van der Waals surface area contributed by atoms with Crippen LogP contribution in [0.2, 0.25) is 0 Å². The van der Waals surface area contributed by atoms with Gasteiger partial charge in [0.1, 0.15) is 10.1 Å². The Balaban J connectivity index is 1.39. The molecule has 24 heavy (non-hydrogen) atoms. The first kappa shape index (κ1) is 16.5. The topological polar surface area (TPSA) is 38.3 Å². The zero-order valence-electron chi connectivity index (χ0n) is 13.8. The summed E-state index contributed by atoms with van der Waals surface area (Å²) in [5.74, 6) is 2.87. The van der Waals surface area contributed by atoms with Crippen molar-refractivity contribution in [1.82, 2.24) is 0 Å². The maximum atomic E-state index is 12.7. The van der Waals surface area contributed by atoms with Gasteiger partial charge in [0.2, 0.25) is 5.91 Å². The minimum absolute atomic E-state index is 0.135. The molecular formula is C19H23Cl2NO2. The molecular weight excluding hydrogens is 345 g/mol. The van der Waals surface area contributed by atoms with Gasteiger partial charge in [0.25, 0.3) is 0 Å². The van der Waals surface area contributed by atoms with E-state index in [9.17, 15) is 4.79 Å². The van der Waals surface area contributed by atoms with Gasteiger partial charge in [0.05, 0.1) is 12.3 Å². The molecule has 130 valence electrons. The second kappa shape index (κ2) is 6.10. The van der Waals surface area contributed by atoms with Gasteiger partial charge >= 0.3 is 0 Å². The highest BCUT2D eigenvalue weighted by molar-refractivity contribution is 6.51. The molecule has 0 aliphatic heterocycles. The molecule has 1 N–H and O–H groups in total. The average molecular weight is 368 g/mol. The number of hydrogen-bond acceptors (Lipinski definition) is 2. The van der Waals surface area contributed by atoms with Crippen LogP contribution >= 0.6 is 23.2 Å². The van der Waals surface area contributed by atoms with E-state index >= 15 is 0 Å². The van der Waals surface area contributed by atoms with E-state index < -0.39 is 4.33 Å². The number of hydrogen-bond donors (Lipinski definition) is 1. The van der Waals surface area contributed by atoms with E-state index in [2.05, 4.69) is 5.32 Å². The number of rotatable bonds is 4. The monoisotopic (exact) mass is 367 g/mol. The van der Waals surface area contributed by atoms with Gasteiger partial charge in [-0.05, 0) is 68.4 Å². The van der Waals surface area contributed by atoms with Crippen molar-refractivity contribution >= 4 is 34.8 Å². The first-order valence-electron chi connectivity index (χ1n) is 8.94. The first-order valence-corrected chi connectivity index (χ1v) is 9.70. The van der Waals surface area contributed by atoms with Crippen LogP contribution in [0.15, 0.2) is 24.3 Å². The van der Waals surface area contributed by atoms with Crippen molar-refractivity contribution in [3.63, 3.8) is 0 Å². The smallest absolute Gasteiger partial charge is 0.228 e. The lowest BCUT2D eigenvalue weighted by Gasteiger charge is -2.11. The lowest BCUT2D eigenvalue weighted by molar-refractivity contribution is -0.117. The van der Waals surface area contributed by atoms with Gasteiger partial charge in [-0.3, -0.25) is 4.79 Å². The molecule has 3 saturated carbocycles. The predicted molar refractivity (Wildman–Crippen MR) is 96.6 cm³/mol. The molecule has 3 aliphatic rings. The molecule has 0 bridgehead atoms. The summed E-state index contributed by atoms with van der Waals surface area (Å²) in [6.45, 7) is 2.53. The van der Waals surface area contributed by atoms with E-state index in [1.54, 1.807) is 0 Å². The van der Waals surface area contributed by atoms with Gasteiger partial charge in [-0.25, -0.2) is 0 Å². The number of amides is 1. The van der Waals surface area contributed by atoms with E-state index in [0.717, 1.165) is 37.1 Å². The fraction of sp³-hybridized carbons (Fsp3) is 0.632. The maximum Gasteiger partial charge on any atom is 0.228 e. The fourth-order valence-electron chi connectivity index (χ4n) is 4.68. The second-order valence-corrected chi connectivity index (χ2v) is 8.76. The quantitative estimate of drug-likeness (QED) is 0.770. The lowest BCUT2D eigenvalue weighted by atomic mass is 10.0. The average Bonchev–Trinajstić information content (AvgIpc) is 3.34. The number of fused-ring (bicyclic) bond motifs is 2. The molecule has 3 fully saturated rings. The molecule has 3 nitrogen and oxygen atoms in total. The number of benzene rings is 1. The number of alkyl halides is 2. The molecule has 3 aliphatic carbocycles. The minimum atomic E-state index is -0.495. The number of carbonyl (C=O) groups is 1. The molecule has 5 heteroatoms. The molecule has 1 aromatic carbocycles. The first-order chi connectivity index (χ1) is 11.5. The van der Waals surface area contributed by atoms with Crippen LogP contribution in [-0.2, 0) is 4.79 Å². The van der Waals surface area contributed by atoms with Gasteiger partial charge in [0, 0.05) is 5.92 Å².